The van der Waals surface area contributed by atoms with E-state index in [2.05, 4.69) is 10.0 Å². The Hall–Kier alpha value is -3.39. The summed E-state index contributed by atoms with van der Waals surface area (Å²) in [5.41, 5.74) is 0.536. The minimum Gasteiger partial charge on any atom is -0.497 e. The van der Waals surface area contributed by atoms with E-state index in [0.29, 0.717) is 11.4 Å². The predicted octanol–water partition coefficient (Wildman–Crippen LogP) is 4.48. The molecule has 0 radical (unpaired) electrons. The van der Waals surface area contributed by atoms with Gasteiger partial charge >= 0.3 is 0 Å². The normalized spacial score (nSPS) is 14.8. The molecule has 1 saturated heterocycles. The highest BCUT2D eigenvalue weighted by Crippen LogP contribution is 2.31. The summed E-state index contributed by atoms with van der Waals surface area (Å²) in [6.07, 6.45) is 0.548. The lowest BCUT2D eigenvalue weighted by Crippen LogP contribution is -2.42. The van der Waals surface area contributed by atoms with Crippen LogP contribution < -0.4 is 19.5 Å². The fourth-order valence-corrected chi connectivity index (χ4v) is 7.38. The van der Waals surface area contributed by atoms with Crippen molar-refractivity contribution in [2.24, 2.45) is 5.92 Å². The summed E-state index contributed by atoms with van der Waals surface area (Å²) in [5.74, 6) is -1.23. The minimum atomic E-state index is -3.96. The van der Waals surface area contributed by atoms with Gasteiger partial charge in [0.1, 0.15) is 17.3 Å². The Balaban J connectivity index is 1.34. The third-order valence-electron chi connectivity index (χ3n) is 6.69. The molecule has 41 heavy (non-hydrogen) atoms. The highest BCUT2D eigenvalue weighted by molar-refractivity contribution is 7.92. The van der Waals surface area contributed by atoms with E-state index in [9.17, 15) is 26.0 Å². The minimum absolute atomic E-state index is 0.0261. The number of carbonyl (C=O) groups is 1. The molecule has 0 saturated carbocycles. The first-order chi connectivity index (χ1) is 19.4. The van der Waals surface area contributed by atoms with Crippen molar-refractivity contribution in [2.45, 2.75) is 23.5 Å². The van der Waals surface area contributed by atoms with Gasteiger partial charge in [0.2, 0.25) is 15.9 Å². The fraction of sp³-hybridized carbons (Fsp3) is 0.296. The molecule has 0 atom stereocenters. The molecule has 3 aromatic carbocycles. The van der Waals surface area contributed by atoms with E-state index in [0.717, 1.165) is 6.07 Å². The van der Waals surface area contributed by atoms with Gasteiger partial charge in [-0.05, 0) is 61.4 Å². The van der Waals surface area contributed by atoms with Gasteiger partial charge in [0, 0.05) is 41.3 Å². The molecule has 0 spiro atoms. The summed E-state index contributed by atoms with van der Waals surface area (Å²) in [7, 11) is -4.90. The second-order valence-corrected chi connectivity index (χ2v) is 13.4. The summed E-state index contributed by atoms with van der Waals surface area (Å²) in [5, 5.41) is 2.80. The summed E-state index contributed by atoms with van der Waals surface area (Å²) in [6, 6.07) is 14.3. The highest BCUT2D eigenvalue weighted by Gasteiger charge is 2.32. The van der Waals surface area contributed by atoms with Crippen molar-refractivity contribution in [3.05, 3.63) is 77.1 Å². The molecule has 1 aliphatic rings. The van der Waals surface area contributed by atoms with Gasteiger partial charge in [0.25, 0.3) is 10.0 Å². The standard InChI is InChI=1S/C27H29ClFN3O7S2/c1-38-20-8-11-25(26(16-20)39-2)31-41(36,37)21-9-6-19(7-10-21)30-27(33)18-12-14-32(15-13-18)40(34,35)17-22-23(28)4-3-5-24(22)29/h3-11,16,18,31H,12-15,17H2,1-2H3,(H,30,33). The first-order valence-corrected chi connectivity index (χ1v) is 16.0. The lowest BCUT2D eigenvalue weighted by molar-refractivity contribution is -0.120. The molecule has 2 N–H and O–H groups in total. The summed E-state index contributed by atoms with van der Waals surface area (Å²) in [6.45, 7) is 0.203. The number of anilines is 2. The number of sulfonamides is 2. The van der Waals surface area contributed by atoms with E-state index in [1.165, 1.54) is 61.0 Å². The Kier molecular flexibility index (Phi) is 9.42. The van der Waals surface area contributed by atoms with E-state index in [4.69, 9.17) is 21.1 Å². The van der Waals surface area contributed by atoms with Gasteiger partial charge in [0.15, 0.2) is 0 Å². The van der Waals surface area contributed by atoms with Crippen molar-refractivity contribution in [1.29, 1.82) is 0 Å². The highest BCUT2D eigenvalue weighted by atomic mass is 35.5. The quantitative estimate of drug-likeness (QED) is 0.340. The second-order valence-electron chi connectivity index (χ2n) is 9.32. The topological polar surface area (TPSA) is 131 Å². The molecule has 0 aromatic heterocycles. The molecule has 14 heteroatoms. The molecule has 1 aliphatic heterocycles. The molecular weight excluding hydrogens is 597 g/mol. The molecule has 0 bridgehead atoms. The first-order valence-electron chi connectivity index (χ1n) is 12.5. The van der Waals surface area contributed by atoms with Crippen molar-refractivity contribution in [3.8, 4) is 11.5 Å². The van der Waals surface area contributed by atoms with Crippen molar-refractivity contribution in [2.75, 3.05) is 37.3 Å². The number of rotatable bonds is 10. The second kappa shape index (κ2) is 12.6. The SMILES string of the molecule is COc1ccc(NS(=O)(=O)c2ccc(NC(=O)C3CCN(S(=O)(=O)Cc4c(F)cccc4Cl)CC3)cc2)c(OC)c1. The number of benzene rings is 3. The molecular formula is C27H29ClFN3O7S2. The molecule has 3 aromatic rings. The van der Waals surface area contributed by atoms with Crippen LogP contribution in [0, 0.1) is 11.7 Å². The van der Waals surface area contributed by atoms with Gasteiger partial charge in [-0.1, -0.05) is 17.7 Å². The molecule has 10 nitrogen and oxygen atoms in total. The molecule has 1 heterocycles. The fourth-order valence-electron chi connectivity index (χ4n) is 4.39. The lowest BCUT2D eigenvalue weighted by atomic mass is 9.97. The summed E-state index contributed by atoms with van der Waals surface area (Å²) in [4.78, 5) is 12.8. The maximum absolute atomic E-state index is 14.1. The van der Waals surface area contributed by atoms with Crippen LogP contribution in [0.4, 0.5) is 15.8 Å². The lowest BCUT2D eigenvalue weighted by Gasteiger charge is -2.30. The Morgan fingerprint density at radius 1 is 1.00 bits per heavy atom. The number of ether oxygens (including phenoxy) is 2. The number of nitrogens with one attached hydrogen (secondary N) is 2. The Morgan fingerprint density at radius 2 is 1.68 bits per heavy atom. The molecule has 1 fully saturated rings. The van der Waals surface area contributed by atoms with Crippen molar-refractivity contribution in [3.63, 3.8) is 0 Å². The number of nitrogens with zero attached hydrogens (tertiary/aromatic N) is 1. The van der Waals surface area contributed by atoms with Crippen LogP contribution >= 0.6 is 11.6 Å². The van der Waals surface area contributed by atoms with Gasteiger partial charge in [-0.2, -0.15) is 0 Å². The average Bonchev–Trinajstić information content (AvgIpc) is 2.95. The number of hydrogen-bond donors (Lipinski definition) is 2. The molecule has 4 rings (SSSR count). The van der Waals surface area contributed by atoms with Gasteiger partial charge in [0.05, 0.1) is 30.6 Å². The smallest absolute Gasteiger partial charge is 0.262 e. The van der Waals surface area contributed by atoms with Crippen LogP contribution in [0.15, 0.2) is 65.6 Å². The van der Waals surface area contributed by atoms with Crippen LogP contribution in [-0.4, -0.2) is 54.4 Å². The van der Waals surface area contributed by atoms with Gasteiger partial charge in [-0.25, -0.2) is 25.5 Å². The largest absolute Gasteiger partial charge is 0.497 e. The molecule has 0 aliphatic carbocycles. The van der Waals surface area contributed by atoms with E-state index in [-0.39, 0.29) is 58.8 Å². The van der Waals surface area contributed by atoms with Crippen LogP contribution in [0.5, 0.6) is 11.5 Å². The third kappa shape index (κ3) is 7.28. The predicted molar refractivity (Wildman–Crippen MR) is 154 cm³/mol. The maximum Gasteiger partial charge on any atom is 0.262 e. The van der Waals surface area contributed by atoms with Crippen molar-refractivity contribution < 1.29 is 35.5 Å². The van der Waals surface area contributed by atoms with Crippen molar-refractivity contribution in [1.82, 2.24) is 4.31 Å². The zero-order valence-corrected chi connectivity index (χ0v) is 24.7. The van der Waals surface area contributed by atoms with Crippen LogP contribution in [0.25, 0.3) is 0 Å². The van der Waals surface area contributed by atoms with E-state index in [1.54, 1.807) is 12.1 Å². The number of carbonyl (C=O) groups excluding carboxylic acids is 1. The molecule has 220 valence electrons. The third-order valence-corrected chi connectivity index (χ3v) is 10.2. The monoisotopic (exact) mass is 625 g/mol. The number of hydrogen-bond acceptors (Lipinski definition) is 7. The number of piperidine rings is 1. The van der Waals surface area contributed by atoms with Gasteiger partial charge in [-0.15, -0.1) is 0 Å². The maximum atomic E-state index is 14.1. The van der Waals surface area contributed by atoms with Crippen LogP contribution in [0.2, 0.25) is 5.02 Å². The number of amides is 1. The van der Waals surface area contributed by atoms with E-state index >= 15 is 0 Å². The summed E-state index contributed by atoms with van der Waals surface area (Å²) >= 11 is 5.99. The Morgan fingerprint density at radius 3 is 2.29 bits per heavy atom. The van der Waals surface area contributed by atoms with Crippen LogP contribution in [-0.2, 0) is 30.6 Å². The molecule has 0 unspecified atom stereocenters. The van der Waals surface area contributed by atoms with E-state index in [1.807, 2.05) is 0 Å². The first kappa shape index (κ1) is 30.6. The number of methoxy groups -OCH3 is 2. The average molecular weight is 626 g/mol. The zero-order valence-electron chi connectivity index (χ0n) is 22.3. The van der Waals surface area contributed by atoms with Crippen LogP contribution in [0.1, 0.15) is 18.4 Å². The van der Waals surface area contributed by atoms with Gasteiger partial charge < -0.3 is 14.8 Å². The summed E-state index contributed by atoms with van der Waals surface area (Å²) < 4.78 is 79.7. The van der Waals surface area contributed by atoms with Crippen molar-refractivity contribution >= 4 is 48.9 Å². The Labute approximate surface area is 243 Å². The Bertz CT molecular complexity index is 1610. The number of halogens is 2. The van der Waals surface area contributed by atoms with Crippen LogP contribution in [0.3, 0.4) is 0 Å². The van der Waals surface area contributed by atoms with Gasteiger partial charge in [-0.3, -0.25) is 9.52 Å². The zero-order chi connectivity index (χ0) is 29.8. The molecule has 1 amide bonds. The van der Waals surface area contributed by atoms with E-state index < -0.39 is 37.5 Å².